The summed E-state index contributed by atoms with van der Waals surface area (Å²) in [6.07, 6.45) is -0.810. The number of halogens is 4. The maximum absolute atomic E-state index is 14.7. The fourth-order valence-corrected chi connectivity index (χ4v) is 4.28. The quantitative estimate of drug-likeness (QED) is 0.254. The van der Waals surface area contributed by atoms with Crippen LogP contribution in [0.2, 0.25) is 5.02 Å². The maximum atomic E-state index is 14.7. The largest absolute Gasteiger partial charge is 0.478 e. The molecule has 2 aromatic carbocycles. The lowest BCUT2D eigenvalue weighted by Gasteiger charge is -2.17. The first kappa shape index (κ1) is 26.0. The molecule has 0 spiro atoms. The fourth-order valence-electron chi connectivity index (χ4n) is 4.13. The van der Waals surface area contributed by atoms with Crippen LogP contribution in [0.25, 0.3) is 11.1 Å². The van der Waals surface area contributed by atoms with Crippen LogP contribution in [-0.2, 0) is 4.79 Å². The summed E-state index contributed by atoms with van der Waals surface area (Å²) in [5, 5.41) is 31.7. The van der Waals surface area contributed by atoms with Gasteiger partial charge in [-0.2, -0.15) is 5.26 Å². The number of carbonyl (C=O) groups is 2. The van der Waals surface area contributed by atoms with Crippen molar-refractivity contribution in [3.8, 4) is 17.2 Å². The Morgan fingerprint density at radius 3 is 2.35 bits per heavy atom. The van der Waals surface area contributed by atoms with Crippen LogP contribution in [0.3, 0.4) is 0 Å². The van der Waals surface area contributed by atoms with Crippen molar-refractivity contribution in [1.82, 2.24) is 0 Å². The topological polar surface area (TPSA) is 114 Å². The molecule has 3 aromatic rings. The van der Waals surface area contributed by atoms with Gasteiger partial charge in [0.2, 0.25) is 17.8 Å². The number of carboxylic acid groups (broad SMARTS) is 1. The number of aromatic carboxylic acids is 1. The molecule has 3 N–H and O–H groups in total. The molecule has 37 heavy (non-hydrogen) atoms. The van der Waals surface area contributed by atoms with E-state index in [0.29, 0.717) is 23.3 Å². The second-order valence-electron chi connectivity index (χ2n) is 8.83. The summed E-state index contributed by atoms with van der Waals surface area (Å²) in [7, 11) is 0. The number of pyridine rings is 1. The van der Waals surface area contributed by atoms with E-state index in [1.54, 1.807) is 0 Å². The number of nitriles is 1. The Balaban J connectivity index is 1.70. The van der Waals surface area contributed by atoms with Crippen LogP contribution in [0.4, 0.5) is 18.9 Å². The van der Waals surface area contributed by atoms with Crippen molar-refractivity contribution < 1.29 is 37.8 Å². The first-order valence-electron chi connectivity index (χ1n) is 11.1. The lowest BCUT2D eigenvalue weighted by atomic mass is 9.88. The van der Waals surface area contributed by atoms with Crippen LogP contribution in [0.1, 0.15) is 53.2 Å². The number of alkyl halides is 2. The van der Waals surface area contributed by atoms with E-state index in [2.05, 4.69) is 11.4 Å². The summed E-state index contributed by atoms with van der Waals surface area (Å²) in [5.41, 5.74) is -1.58. The molecule has 0 bridgehead atoms. The van der Waals surface area contributed by atoms with Gasteiger partial charge >= 0.3 is 5.97 Å². The Morgan fingerprint density at radius 1 is 1.14 bits per heavy atom. The number of aromatic nitrogens is 1. The van der Waals surface area contributed by atoms with Gasteiger partial charge in [0.15, 0.2) is 0 Å². The number of hydrogen-bond donors (Lipinski definition) is 3. The highest BCUT2D eigenvalue weighted by molar-refractivity contribution is 6.31. The normalized spacial score (nSPS) is 14.6. The molecule has 1 amide bonds. The highest BCUT2D eigenvalue weighted by Gasteiger charge is 2.48. The number of carboxylic acids is 1. The molecule has 0 unspecified atom stereocenters. The molecule has 1 aliphatic carbocycles. The van der Waals surface area contributed by atoms with Crippen molar-refractivity contribution in [2.75, 3.05) is 5.32 Å². The molecule has 1 aromatic heterocycles. The number of hydrogen-bond acceptors (Lipinski definition) is 4. The molecular weight excluding hydrogens is 511 g/mol. The van der Waals surface area contributed by atoms with Crippen molar-refractivity contribution in [2.45, 2.75) is 31.6 Å². The summed E-state index contributed by atoms with van der Waals surface area (Å²) in [4.78, 5) is 24.3. The summed E-state index contributed by atoms with van der Waals surface area (Å²) in [5.74, 6) is -3.83. The zero-order valence-corrected chi connectivity index (χ0v) is 19.8. The molecule has 1 heterocycles. The van der Waals surface area contributed by atoms with Crippen molar-refractivity contribution in [3.05, 3.63) is 82.4 Å². The zero-order valence-electron chi connectivity index (χ0n) is 19.1. The van der Waals surface area contributed by atoms with Crippen LogP contribution in [0.5, 0.6) is 0 Å². The van der Waals surface area contributed by atoms with Gasteiger partial charge in [0.25, 0.3) is 6.43 Å². The number of amides is 1. The summed E-state index contributed by atoms with van der Waals surface area (Å²) in [6, 6.07) is 12.2. The Morgan fingerprint density at radius 2 is 1.81 bits per heavy atom. The molecule has 0 radical (unpaired) electrons. The molecule has 1 atom stereocenters. The second-order valence-corrected chi connectivity index (χ2v) is 9.24. The van der Waals surface area contributed by atoms with E-state index in [-0.39, 0.29) is 28.3 Å². The van der Waals surface area contributed by atoms with Gasteiger partial charge in [0.1, 0.15) is 11.7 Å². The standard InChI is InChI=1S/C26H19ClF3N3O4/c27-19-7-6-17(23(29)30)21(22(19)28)15-3-8-20(33(37)12-15)18(11-26(13-31)9-10-26)24(34)32-16-4-1-14(2-5-16)25(35)36/h1-8,12,18,23H,9-11H2,(H2-,32,34,35,36,37)/p+1/t18-/m1/s1. The minimum atomic E-state index is -3.01. The van der Waals surface area contributed by atoms with E-state index in [0.717, 1.165) is 18.3 Å². The third kappa shape index (κ3) is 5.37. The summed E-state index contributed by atoms with van der Waals surface area (Å²) >= 11 is 5.80. The van der Waals surface area contributed by atoms with Crippen LogP contribution in [0.15, 0.2) is 54.7 Å². The van der Waals surface area contributed by atoms with Gasteiger partial charge in [-0.05, 0) is 55.7 Å². The summed E-state index contributed by atoms with van der Waals surface area (Å²) < 4.78 is 42.4. The van der Waals surface area contributed by atoms with Crippen molar-refractivity contribution in [2.24, 2.45) is 5.41 Å². The molecule has 7 nitrogen and oxygen atoms in total. The highest BCUT2D eigenvalue weighted by atomic mass is 35.5. The third-order valence-electron chi connectivity index (χ3n) is 6.37. The maximum Gasteiger partial charge on any atom is 0.335 e. The van der Waals surface area contributed by atoms with Gasteiger partial charge in [-0.15, -0.1) is 0 Å². The van der Waals surface area contributed by atoms with Crippen molar-refractivity contribution in [1.29, 1.82) is 5.26 Å². The number of carbonyl (C=O) groups excluding carboxylic acids is 1. The van der Waals surface area contributed by atoms with Gasteiger partial charge in [0.05, 0.1) is 27.6 Å². The Hall–Kier alpha value is -4.10. The number of rotatable bonds is 8. The van der Waals surface area contributed by atoms with E-state index in [1.807, 2.05) is 0 Å². The monoisotopic (exact) mass is 530 g/mol. The Bertz CT molecular complexity index is 1420. The first-order chi connectivity index (χ1) is 17.5. The lowest BCUT2D eigenvalue weighted by molar-refractivity contribution is -0.909. The van der Waals surface area contributed by atoms with E-state index < -0.39 is 46.6 Å². The fraction of sp³-hybridized carbons (Fsp3) is 0.231. The van der Waals surface area contributed by atoms with Crippen LogP contribution < -0.4 is 10.0 Å². The average Bonchev–Trinajstić information content (AvgIpc) is 3.64. The number of benzene rings is 2. The van der Waals surface area contributed by atoms with Crippen molar-refractivity contribution >= 4 is 29.2 Å². The third-order valence-corrected chi connectivity index (χ3v) is 6.66. The van der Waals surface area contributed by atoms with Gasteiger partial charge < -0.3 is 10.4 Å². The molecule has 1 saturated carbocycles. The minimum Gasteiger partial charge on any atom is -0.478 e. The van der Waals surface area contributed by atoms with E-state index in [9.17, 15) is 33.2 Å². The second kappa shape index (κ2) is 10.1. The van der Waals surface area contributed by atoms with Crippen LogP contribution >= 0.6 is 11.6 Å². The van der Waals surface area contributed by atoms with Gasteiger partial charge in [-0.25, -0.2) is 18.0 Å². The Labute approximate surface area is 214 Å². The molecule has 4 rings (SSSR count). The molecule has 190 valence electrons. The Kier molecular flexibility index (Phi) is 7.09. The van der Waals surface area contributed by atoms with Gasteiger partial charge in [-0.1, -0.05) is 17.7 Å². The summed E-state index contributed by atoms with van der Waals surface area (Å²) in [6.45, 7) is 0. The molecule has 1 fully saturated rings. The predicted octanol–water partition coefficient (Wildman–Crippen LogP) is 5.72. The number of anilines is 1. The van der Waals surface area contributed by atoms with Gasteiger partial charge in [-0.3, -0.25) is 10.0 Å². The average molecular weight is 531 g/mol. The molecule has 1 aliphatic rings. The molecule has 0 aliphatic heterocycles. The molecular formula is C26H20ClF3N3O4+. The van der Waals surface area contributed by atoms with Crippen LogP contribution in [-0.4, -0.2) is 22.2 Å². The highest BCUT2D eigenvalue weighted by Crippen LogP contribution is 2.51. The van der Waals surface area contributed by atoms with Crippen LogP contribution in [0, 0.1) is 22.6 Å². The predicted molar refractivity (Wildman–Crippen MR) is 126 cm³/mol. The number of nitrogens with zero attached hydrogens (tertiary/aromatic N) is 2. The smallest absolute Gasteiger partial charge is 0.335 e. The van der Waals surface area contributed by atoms with E-state index in [4.69, 9.17) is 16.7 Å². The minimum absolute atomic E-state index is 0.0242. The van der Waals surface area contributed by atoms with Gasteiger partial charge in [0, 0.05) is 27.6 Å². The first-order valence-corrected chi connectivity index (χ1v) is 11.5. The zero-order chi connectivity index (χ0) is 26.9. The van der Waals surface area contributed by atoms with Crippen molar-refractivity contribution in [3.63, 3.8) is 0 Å². The lowest BCUT2D eigenvalue weighted by Crippen LogP contribution is -2.40. The van der Waals surface area contributed by atoms with E-state index >= 15 is 0 Å². The SMILES string of the molecule is N#CC1(C[C@@H](C(=O)Nc2ccc(C(=O)O)cc2)c2ccc(-c3c(C(F)F)ccc(Cl)c3F)c[n+]2O)CC1. The number of nitrogens with one attached hydrogen (secondary N) is 1. The molecule has 11 heteroatoms. The van der Waals surface area contributed by atoms with E-state index in [1.165, 1.54) is 36.4 Å². The molecule has 0 saturated heterocycles.